The molecule has 0 aromatic heterocycles. The summed E-state index contributed by atoms with van der Waals surface area (Å²) < 4.78 is 12.7. The fraction of sp³-hybridized carbons (Fsp3) is 0.385. The zero-order chi connectivity index (χ0) is 10.7. The van der Waals surface area contributed by atoms with Crippen molar-refractivity contribution >= 4 is 0 Å². The molecule has 1 aromatic rings. The zero-order valence-electron chi connectivity index (χ0n) is 8.75. The molecule has 2 N–H and O–H groups in total. The molecule has 1 aromatic carbocycles. The quantitative estimate of drug-likeness (QED) is 0.736. The fourth-order valence-corrected chi connectivity index (χ4v) is 2.03. The fourth-order valence-electron chi connectivity index (χ4n) is 2.03. The summed E-state index contributed by atoms with van der Waals surface area (Å²) in [6, 6.07) is 6.44. The van der Waals surface area contributed by atoms with Crippen LogP contribution in [0.2, 0.25) is 0 Å². The van der Waals surface area contributed by atoms with Crippen LogP contribution in [0.1, 0.15) is 37.3 Å². The Morgan fingerprint density at radius 1 is 1.13 bits per heavy atom. The SMILES string of the molecule is NC(C1=CCCCC1)c1ccc(F)cc1. The Hall–Kier alpha value is -1.15. The van der Waals surface area contributed by atoms with E-state index in [9.17, 15) is 4.39 Å². The monoisotopic (exact) mass is 205 g/mol. The molecule has 0 spiro atoms. The summed E-state index contributed by atoms with van der Waals surface area (Å²) in [5.74, 6) is -0.205. The van der Waals surface area contributed by atoms with E-state index < -0.39 is 0 Å². The molecule has 1 nitrogen and oxygen atoms in total. The molecule has 15 heavy (non-hydrogen) atoms. The van der Waals surface area contributed by atoms with Crippen LogP contribution in [0.5, 0.6) is 0 Å². The second kappa shape index (κ2) is 4.58. The summed E-state index contributed by atoms with van der Waals surface area (Å²) in [4.78, 5) is 0. The van der Waals surface area contributed by atoms with Gasteiger partial charge < -0.3 is 5.73 Å². The minimum absolute atomic E-state index is 0.0501. The lowest BCUT2D eigenvalue weighted by molar-refractivity contribution is 0.623. The van der Waals surface area contributed by atoms with Gasteiger partial charge in [0, 0.05) is 0 Å². The van der Waals surface area contributed by atoms with Crippen molar-refractivity contribution in [2.75, 3.05) is 0 Å². The minimum Gasteiger partial charge on any atom is -0.321 e. The Morgan fingerprint density at radius 2 is 1.87 bits per heavy atom. The summed E-state index contributed by atoms with van der Waals surface area (Å²) in [5, 5.41) is 0. The van der Waals surface area contributed by atoms with Crippen LogP contribution in [0, 0.1) is 5.82 Å². The molecule has 1 aliphatic rings. The average Bonchev–Trinajstić information content (AvgIpc) is 2.30. The molecule has 2 rings (SSSR count). The third-order valence-corrected chi connectivity index (χ3v) is 2.95. The van der Waals surface area contributed by atoms with Crippen molar-refractivity contribution in [3.05, 3.63) is 47.3 Å². The average molecular weight is 205 g/mol. The Bertz CT molecular complexity index is 353. The predicted octanol–water partition coefficient (Wildman–Crippen LogP) is 3.33. The molecule has 80 valence electrons. The Labute approximate surface area is 89.8 Å². The van der Waals surface area contributed by atoms with Crippen molar-refractivity contribution in [2.45, 2.75) is 31.7 Å². The molecule has 0 aliphatic heterocycles. The van der Waals surface area contributed by atoms with Crippen molar-refractivity contribution < 1.29 is 4.39 Å². The maximum absolute atomic E-state index is 12.7. The largest absolute Gasteiger partial charge is 0.321 e. The highest BCUT2D eigenvalue weighted by Crippen LogP contribution is 2.27. The lowest BCUT2D eigenvalue weighted by atomic mass is 9.90. The lowest BCUT2D eigenvalue weighted by Gasteiger charge is -2.19. The first kappa shape index (κ1) is 10.4. The molecule has 1 unspecified atom stereocenters. The number of nitrogens with two attached hydrogens (primary N) is 1. The lowest BCUT2D eigenvalue weighted by Crippen LogP contribution is -2.14. The van der Waals surface area contributed by atoms with Gasteiger partial charge in [-0.25, -0.2) is 4.39 Å². The zero-order valence-corrected chi connectivity index (χ0v) is 8.75. The number of benzene rings is 1. The number of hydrogen-bond donors (Lipinski definition) is 1. The molecule has 0 amide bonds. The standard InChI is InChI=1S/C13H16FN/c14-12-8-6-11(7-9-12)13(15)10-4-2-1-3-5-10/h4,6-9,13H,1-3,5,15H2. The van der Waals surface area contributed by atoms with E-state index in [4.69, 9.17) is 5.73 Å². The van der Waals surface area contributed by atoms with Gasteiger partial charge in [0.05, 0.1) is 6.04 Å². The van der Waals surface area contributed by atoms with E-state index in [0.717, 1.165) is 18.4 Å². The summed E-state index contributed by atoms with van der Waals surface area (Å²) in [7, 11) is 0. The maximum Gasteiger partial charge on any atom is 0.123 e. The van der Waals surface area contributed by atoms with E-state index in [1.165, 1.54) is 30.5 Å². The third kappa shape index (κ3) is 2.45. The molecule has 2 heteroatoms. The third-order valence-electron chi connectivity index (χ3n) is 2.95. The van der Waals surface area contributed by atoms with Crippen molar-refractivity contribution in [3.63, 3.8) is 0 Å². The maximum atomic E-state index is 12.7. The molecule has 1 aliphatic carbocycles. The highest BCUT2D eigenvalue weighted by Gasteiger charge is 2.13. The first-order valence-corrected chi connectivity index (χ1v) is 5.47. The highest BCUT2D eigenvalue weighted by atomic mass is 19.1. The highest BCUT2D eigenvalue weighted by molar-refractivity contribution is 5.28. The van der Waals surface area contributed by atoms with Gasteiger partial charge in [-0.3, -0.25) is 0 Å². The van der Waals surface area contributed by atoms with Gasteiger partial charge >= 0.3 is 0 Å². The van der Waals surface area contributed by atoms with Gasteiger partial charge in [-0.15, -0.1) is 0 Å². The van der Waals surface area contributed by atoms with Crippen LogP contribution < -0.4 is 5.73 Å². The molecule has 0 radical (unpaired) electrons. The molecule has 1 atom stereocenters. The van der Waals surface area contributed by atoms with Crippen molar-refractivity contribution in [1.29, 1.82) is 0 Å². The van der Waals surface area contributed by atoms with Crippen LogP contribution in [-0.2, 0) is 0 Å². The summed E-state index contributed by atoms with van der Waals surface area (Å²) in [6.45, 7) is 0. The van der Waals surface area contributed by atoms with Crippen LogP contribution in [0.3, 0.4) is 0 Å². The van der Waals surface area contributed by atoms with Gasteiger partial charge in [0.1, 0.15) is 5.82 Å². The van der Waals surface area contributed by atoms with Crippen molar-refractivity contribution in [1.82, 2.24) is 0 Å². The molecule has 0 heterocycles. The first-order chi connectivity index (χ1) is 7.27. The second-order valence-corrected chi connectivity index (χ2v) is 4.05. The van der Waals surface area contributed by atoms with Crippen LogP contribution in [0.25, 0.3) is 0 Å². The van der Waals surface area contributed by atoms with Gasteiger partial charge in [-0.2, -0.15) is 0 Å². The topological polar surface area (TPSA) is 26.0 Å². The van der Waals surface area contributed by atoms with Gasteiger partial charge in [0.2, 0.25) is 0 Å². The van der Waals surface area contributed by atoms with Crippen LogP contribution in [0.15, 0.2) is 35.9 Å². The molecule has 0 fully saturated rings. The number of allylic oxidation sites excluding steroid dienone is 1. The van der Waals surface area contributed by atoms with Gasteiger partial charge in [-0.05, 0) is 43.4 Å². The van der Waals surface area contributed by atoms with Crippen molar-refractivity contribution in [2.24, 2.45) is 5.73 Å². The van der Waals surface area contributed by atoms with E-state index in [1.807, 2.05) is 0 Å². The predicted molar refractivity (Wildman–Crippen MR) is 59.9 cm³/mol. The second-order valence-electron chi connectivity index (χ2n) is 4.05. The Morgan fingerprint density at radius 3 is 2.47 bits per heavy atom. The van der Waals surface area contributed by atoms with E-state index >= 15 is 0 Å². The van der Waals surface area contributed by atoms with Crippen LogP contribution >= 0.6 is 0 Å². The Balaban J connectivity index is 2.16. The van der Waals surface area contributed by atoms with Gasteiger partial charge in [-0.1, -0.05) is 23.8 Å². The van der Waals surface area contributed by atoms with Gasteiger partial charge in [0.15, 0.2) is 0 Å². The smallest absolute Gasteiger partial charge is 0.123 e. The molecule has 0 saturated heterocycles. The van der Waals surface area contributed by atoms with E-state index in [0.29, 0.717) is 0 Å². The summed E-state index contributed by atoms with van der Waals surface area (Å²) >= 11 is 0. The first-order valence-electron chi connectivity index (χ1n) is 5.47. The molecule has 0 bridgehead atoms. The van der Waals surface area contributed by atoms with E-state index in [2.05, 4.69) is 6.08 Å². The van der Waals surface area contributed by atoms with E-state index in [-0.39, 0.29) is 11.9 Å². The van der Waals surface area contributed by atoms with Crippen LogP contribution in [-0.4, -0.2) is 0 Å². The Kier molecular flexibility index (Phi) is 3.17. The molecule has 0 saturated carbocycles. The molecular weight excluding hydrogens is 189 g/mol. The minimum atomic E-state index is -0.205. The van der Waals surface area contributed by atoms with Crippen molar-refractivity contribution in [3.8, 4) is 0 Å². The van der Waals surface area contributed by atoms with Crippen LogP contribution in [0.4, 0.5) is 4.39 Å². The summed E-state index contributed by atoms with van der Waals surface area (Å²) in [5.41, 5.74) is 8.43. The molecular formula is C13H16FN. The van der Waals surface area contributed by atoms with Gasteiger partial charge in [0.25, 0.3) is 0 Å². The summed E-state index contributed by atoms with van der Waals surface area (Å²) in [6.07, 6.45) is 6.93. The number of rotatable bonds is 2. The number of halogens is 1. The van der Waals surface area contributed by atoms with E-state index in [1.54, 1.807) is 12.1 Å². The normalized spacial score (nSPS) is 18.4. The number of hydrogen-bond acceptors (Lipinski definition) is 1.